The molecule has 0 radical (unpaired) electrons. The average Bonchev–Trinajstić information content (AvgIpc) is 2.74. The molecule has 0 aliphatic rings. The zero-order valence-corrected chi connectivity index (χ0v) is 17.0. The van der Waals surface area contributed by atoms with Crippen LogP contribution in [0.2, 0.25) is 0 Å². The van der Waals surface area contributed by atoms with E-state index in [0.29, 0.717) is 49.0 Å². The number of ether oxygens (including phenoxy) is 4. The zero-order chi connectivity index (χ0) is 21.1. The molecule has 0 aliphatic heterocycles. The van der Waals surface area contributed by atoms with Gasteiger partial charge in [-0.05, 0) is 62.2 Å². The van der Waals surface area contributed by atoms with Crippen molar-refractivity contribution in [1.29, 1.82) is 0 Å². The van der Waals surface area contributed by atoms with Crippen LogP contribution in [0, 0.1) is 0 Å². The lowest BCUT2D eigenvalue weighted by Gasteiger charge is -2.13. The fourth-order valence-electron chi connectivity index (χ4n) is 2.60. The van der Waals surface area contributed by atoms with Gasteiger partial charge in [0.05, 0.1) is 25.9 Å². The van der Waals surface area contributed by atoms with E-state index in [2.05, 4.69) is 10.1 Å². The van der Waals surface area contributed by atoms with Crippen molar-refractivity contribution in [3.05, 3.63) is 53.6 Å². The molecule has 0 unspecified atom stereocenters. The fraction of sp³-hybridized carbons (Fsp3) is 0.364. The maximum atomic E-state index is 12.0. The molecule has 2 aromatic rings. The van der Waals surface area contributed by atoms with E-state index in [4.69, 9.17) is 14.2 Å². The van der Waals surface area contributed by atoms with E-state index in [-0.39, 0.29) is 12.5 Å². The molecule has 0 saturated heterocycles. The number of esters is 1. The molecule has 7 nitrogen and oxygen atoms in total. The van der Waals surface area contributed by atoms with Gasteiger partial charge in [-0.15, -0.1) is 0 Å². The normalized spacial score (nSPS) is 10.2. The number of hydrogen-bond donors (Lipinski definition) is 1. The number of amides is 1. The van der Waals surface area contributed by atoms with Crippen molar-refractivity contribution >= 4 is 11.9 Å². The summed E-state index contributed by atoms with van der Waals surface area (Å²) in [6.07, 6.45) is 0.659. The molecule has 2 aromatic carbocycles. The molecule has 0 saturated carbocycles. The van der Waals surface area contributed by atoms with Gasteiger partial charge in [0.2, 0.25) is 0 Å². The first kappa shape index (κ1) is 22.1. The van der Waals surface area contributed by atoms with Crippen LogP contribution in [0.5, 0.6) is 17.2 Å². The Morgan fingerprint density at radius 2 is 1.59 bits per heavy atom. The minimum Gasteiger partial charge on any atom is -0.490 e. The number of rotatable bonds is 11. The Kier molecular flexibility index (Phi) is 8.82. The van der Waals surface area contributed by atoms with Gasteiger partial charge in [0.15, 0.2) is 18.1 Å². The Morgan fingerprint density at radius 1 is 0.897 bits per heavy atom. The molecule has 2 rings (SSSR count). The number of hydrogen-bond acceptors (Lipinski definition) is 6. The highest BCUT2D eigenvalue weighted by Gasteiger charge is 2.08. The standard InChI is InChI=1S/C22H27NO6/c1-4-27-19-11-6-16(14-20(19)28-5-2)12-13-23-21(24)15-29-18-9-7-17(8-10-18)22(25)26-3/h6-11,14H,4-5,12-13,15H2,1-3H3,(H,23,24). The molecular weight excluding hydrogens is 374 g/mol. The van der Waals surface area contributed by atoms with Crippen LogP contribution in [0.4, 0.5) is 0 Å². The van der Waals surface area contributed by atoms with Gasteiger partial charge in [-0.2, -0.15) is 0 Å². The summed E-state index contributed by atoms with van der Waals surface area (Å²) in [5, 5.41) is 2.82. The number of methoxy groups -OCH3 is 1. The predicted octanol–water partition coefficient (Wildman–Crippen LogP) is 3.01. The average molecular weight is 401 g/mol. The smallest absolute Gasteiger partial charge is 0.337 e. The van der Waals surface area contributed by atoms with E-state index >= 15 is 0 Å². The van der Waals surface area contributed by atoms with Crippen LogP contribution in [-0.2, 0) is 16.0 Å². The van der Waals surface area contributed by atoms with Gasteiger partial charge in [-0.1, -0.05) is 6.07 Å². The van der Waals surface area contributed by atoms with Crippen LogP contribution in [0.15, 0.2) is 42.5 Å². The molecule has 0 fully saturated rings. The summed E-state index contributed by atoms with van der Waals surface area (Å²) in [6, 6.07) is 12.2. The summed E-state index contributed by atoms with van der Waals surface area (Å²) < 4.78 is 21.2. The summed E-state index contributed by atoms with van der Waals surface area (Å²) in [4.78, 5) is 23.4. The van der Waals surface area contributed by atoms with Crippen molar-refractivity contribution in [3.8, 4) is 17.2 Å². The lowest BCUT2D eigenvalue weighted by molar-refractivity contribution is -0.123. The van der Waals surface area contributed by atoms with Crippen LogP contribution in [0.25, 0.3) is 0 Å². The second-order valence-corrected chi connectivity index (χ2v) is 6.05. The number of carbonyl (C=O) groups excluding carboxylic acids is 2. The quantitative estimate of drug-likeness (QED) is 0.583. The van der Waals surface area contributed by atoms with Gasteiger partial charge in [0, 0.05) is 6.54 Å². The molecule has 1 N–H and O–H groups in total. The van der Waals surface area contributed by atoms with E-state index in [1.807, 2.05) is 32.0 Å². The van der Waals surface area contributed by atoms with Crippen molar-refractivity contribution in [2.24, 2.45) is 0 Å². The van der Waals surface area contributed by atoms with Crippen LogP contribution in [0.1, 0.15) is 29.8 Å². The van der Waals surface area contributed by atoms with Gasteiger partial charge in [-0.25, -0.2) is 4.79 Å². The minimum atomic E-state index is -0.420. The summed E-state index contributed by atoms with van der Waals surface area (Å²) in [6.45, 7) is 5.34. The third-order valence-electron chi connectivity index (χ3n) is 3.99. The lowest BCUT2D eigenvalue weighted by atomic mass is 10.1. The summed E-state index contributed by atoms with van der Waals surface area (Å²) >= 11 is 0. The Morgan fingerprint density at radius 3 is 2.24 bits per heavy atom. The second-order valence-electron chi connectivity index (χ2n) is 6.05. The Hall–Kier alpha value is -3.22. The molecule has 0 aliphatic carbocycles. The highest BCUT2D eigenvalue weighted by molar-refractivity contribution is 5.89. The van der Waals surface area contributed by atoms with E-state index in [0.717, 1.165) is 5.56 Å². The number of carbonyl (C=O) groups is 2. The largest absolute Gasteiger partial charge is 0.490 e. The van der Waals surface area contributed by atoms with E-state index in [9.17, 15) is 9.59 Å². The van der Waals surface area contributed by atoms with Crippen LogP contribution >= 0.6 is 0 Å². The molecule has 156 valence electrons. The molecule has 0 aromatic heterocycles. The molecule has 0 atom stereocenters. The summed E-state index contributed by atoms with van der Waals surface area (Å²) in [5.41, 5.74) is 1.46. The lowest BCUT2D eigenvalue weighted by Crippen LogP contribution is -2.30. The Labute approximate surface area is 170 Å². The maximum Gasteiger partial charge on any atom is 0.337 e. The number of nitrogens with one attached hydrogen (secondary N) is 1. The van der Waals surface area contributed by atoms with Gasteiger partial charge >= 0.3 is 5.97 Å². The molecule has 0 heterocycles. The van der Waals surface area contributed by atoms with Crippen molar-refractivity contribution < 1.29 is 28.5 Å². The van der Waals surface area contributed by atoms with Crippen LogP contribution in [0.3, 0.4) is 0 Å². The van der Waals surface area contributed by atoms with Gasteiger partial charge in [0.25, 0.3) is 5.91 Å². The second kappa shape index (κ2) is 11.6. The third-order valence-corrected chi connectivity index (χ3v) is 3.99. The van der Waals surface area contributed by atoms with E-state index in [1.165, 1.54) is 7.11 Å². The fourth-order valence-corrected chi connectivity index (χ4v) is 2.60. The van der Waals surface area contributed by atoms with Crippen LogP contribution < -0.4 is 19.5 Å². The monoisotopic (exact) mass is 401 g/mol. The van der Waals surface area contributed by atoms with Crippen molar-refractivity contribution in [2.45, 2.75) is 20.3 Å². The van der Waals surface area contributed by atoms with Gasteiger partial charge in [0.1, 0.15) is 5.75 Å². The first-order chi connectivity index (χ1) is 14.1. The third kappa shape index (κ3) is 7.03. The summed E-state index contributed by atoms with van der Waals surface area (Å²) in [7, 11) is 1.32. The zero-order valence-electron chi connectivity index (χ0n) is 17.0. The predicted molar refractivity (Wildman–Crippen MR) is 109 cm³/mol. The topological polar surface area (TPSA) is 83.1 Å². The maximum absolute atomic E-state index is 12.0. The Bertz CT molecular complexity index is 803. The molecule has 0 bridgehead atoms. The molecule has 7 heteroatoms. The number of benzene rings is 2. The van der Waals surface area contributed by atoms with E-state index < -0.39 is 5.97 Å². The molecule has 1 amide bonds. The SMILES string of the molecule is CCOc1ccc(CCNC(=O)COc2ccc(C(=O)OC)cc2)cc1OCC. The molecule has 29 heavy (non-hydrogen) atoms. The first-order valence-corrected chi connectivity index (χ1v) is 9.53. The molecular formula is C22H27NO6. The van der Waals surface area contributed by atoms with Crippen LogP contribution in [-0.4, -0.2) is 45.4 Å². The highest BCUT2D eigenvalue weighted by atomic mass is 16.5. The minimum absolute atomic E-state index is 0.106. The summed E-state index contributed by atoms with van der Waals surface area (Å²) in [5.74, 6) is 1.28. The van der Waals surface area contributed by atoms with Crippen molar-refractivity contribution in [3.63, 3.8) is 0 Å². The highest BCUT2D eigenvalue weighted by Crippen LogP contribution is 2.28. The first-order valence-electron chi connectivity index (χ1n) is 9.53. The van der Waals surface area contributed by atoms with Gasteiger partial charge in [-0.3, -0.25) is 4.79 Å². The van der Waals surface area contributed by atoms with Crippen molar-refractivity contribution in [1.82, 2.24) is 5.32 Å². The van der Waals surface area contributed by atoms with E-state index in [1.54, 1.807) is 24.3 Å². The molecule has 0 spiro atoms. The van der Waals surface area contributed by atoms with Gasteiger partial charge < -0.3 is 24.3 Å². The Balaban J connectivity index is 1.78. The van der Waals surface area contributed by atoms with Crippen molar-refractivity contribution in [2.75, 3.05) is 33.5 Å².